The fourth-order valence-electron chi connectivity index (χ4n) is 2.24. The van der Waals surface area contributed by atoms with Crippen LogP contribution in [0.15, 0.2) is 36.0 Å². The first-order valence-corrected chi connectivity index (χ1v) is 7.73. The predicted octanol–water partition coefficient (Wildman–Crippen LogP) is 2.91. The van der Waals surface area contributed by atoms with Gasteiger partial charge in [-0.05, 0) is 23.6 Å². The van der Waals surface area contributed by atoms with Gasteiger partial charge in [-0.25, -0.2) is 9.97 Å². The lowest BCUT2D eigenvalue weighted by Gasteiger charge is -2.09. The number of nitrogens with zero attached hydrogens (tertiary/aromatic N) is 2. The molecule has 0 aliphatic carbocycles. The molecule has 0 fully saturated rings. The molecule has 0 atom stereocenters. The molecule has 4 rings (SSSR count). The summed E-state index contributed by atoms with van der Waals surface area (Å²) in [4.78, 5) is 9.47. The number of rotatable bonds is 5. The van der Waals surface area contributed by atoms with Crippen molar-refractivity contribution in [2.45, 2.75) is 0 Å². The van der Waals surface area contributed by atoms with Gasteiger partial charge in [-0.15, -0.1) is 11.3 Å². The number of aromatic nitrogens is 2. The summed E-state index contributed by atoms with van der Waals surface area (Å²) >= 11 is 1.60. The summed E-state index contributed by atoms with van der Waals surface area (Å²) in [7, 11) is 0. The third-order valence-electron chi connectivity index (χ3n) is 3.27. The summed E-state index contributed by atoms with van der Waals surface area (Å²) in [5, 5.41) is 6.32. The van der Waals surface area contributed by atoms with Gasteiger partial charge in [0, 0.05) is 6.07 Å². The third-order valence-corrected chi connectivity index (χ3v) is 4.09. The van der Waals surface area contributed by atoms with E-state index >= 15 is 0 Å². The van der Waals surface area contributed by atoms with Crippen LogP contribution in [0, 0.1) is 0 Å². The molecule has 0 saturated carbocycles. The Morgan fingerprint density at radius 3 is 3.14 bits per heavy atom. The van der Waals surface area contributed by atoms with E-state index in [0.717, 1.165) is 33.3 Å². The topological polar surface area (TPSA) is 65.5 Å². The van der Waals surface area contributed by atoms with E-state index in [0.29, 0.717) is 13.2 Å². The highest BCUT2D eigenvalue weighted by atomic mass is 32.1. The lowest BCUT2D eigenvalue weighted by atomic mass is 10.3. The van der Waals surface area contributed by atoms with Crippen molar-refractivity contribution in [3.63, 3.8) is 0 Å². The number of thiophene rings is 1. The zero-order valence-corrected chi connectivity index (χ0v) is 12.4. The van der Waals surface area contributed by atoms with Crippen molar-refractivity contribution in [1.82, 2.24) is 9.97 Å². The van der Waals surface area contributed by atoms with Crippen LogP contribution in [0.2, 0.25) is 0 Å². The van der Waals surface area contributed by atoms with E-state index < -0.39 is 0 Å². The number of ether oxygens (including phenoxy) is 3. The van der Waals surface area contributed by atoms with Gasteiger partial charge >= 0.3 is 0 Å². The van der Waals surface area contributed by atoms with Gasteiger partial charge in [0.2, 0.25) is 6.79 Å². The highest BCUT2D eigenvalue weighted by Crippen LogP contribution is 2.35. The summed E-state index contributed by atoms with van der Waals surface area (Å²) in [6.07, 6.45) is 1.57. The second kappa shape index (κ2) is 5.69. The molecule has 0 saturated heterocycles. The van der Waals surface area contributed by atoms with E-state index in [4.69, 9.17) is 14.2 Å². The maximum absolute atomic E-state index is 5.71. The molecule has 7 heteroatoms. The summed E-state index contributed by atoms with van der Waals surface area (Å²) < 4.78 is 16.3. The molecule has 1 aliphatic heterocycles. The molecule has 3 aromatic rings. The average molecular weight is 315 g/mol. The first-order chi connectivity index (χ1) is 10.9. The fraction of sp³-hybridized carbons (Fsp3) is 0.200. The molecule has 0 unspecified atom stereocenters. The Labute approximate surface area is 130 Å². The Morgan fingerprint density at radius 1 is 1.18 bits per heavy atom. The van der Waals surface area contributed by atoms with Gasteiger partial charge in [-0.1, -0.05) is 0 Å². The Bertz CT molecular complexity index is 806. The van der Waals surface area contributed by atoms with Gasteiger partial charge in [0.15, 0.2) is 11.5 Å². The van der Waals surface area contributed by atoms with Gasteiger partial charge in [0.05, 0.1) is 11.9 Å². The molecule has 3 heterocycles. The van der Waals surface area contributed by atoms with Gasteiger partial charge in [-0.2, -0.15) is 0 Å². The van der Waals surface area contributed by atoms with Gasteiger partial charge in [0.1, 0.15) is 29.3 Å². The monoisotopic (exact) mass is 315 g/mol. The lowest BCUT2D eigenvalue weighted by Crippen LogP contribution is -2.12. The molecular formula is C15H13N3O3S. The number of fused-ring (bicyclic) bond motifs is 2. The smallest absolute Gasteiger partial charge is 0.231 e. The maximum Gasteiger partial charge on any atom is 0.231 e. The van der Waals surface area contributed by atoms with Crippen molar-refractivity contribution >= 4 is 27.4 Å². The first-order valence-electron chi connectivity index (χ1n) is 6.85. The summed E-state index contributed by atoms with van der Waals surface area (Å²) in [5.74, 6) is 3.07. The Morgan fingerprint density at radius 2 is 2.14 bits per heavy atom. The van der Waals surface area contributed by atoms with Crippen LogP contribution >= 0.6 is 11.3 Å². The van der Waals surface area contributed by atoms with Crippen LogP contribution in [-0.4, -0.2) is 29.9 Å². The minimum Gasteiger partial charge on any atom is -0.492 e. The third kappa shape index (κ3) is 2.50. The molecular weight excluding hydrogens is 302 g/mol. The van der Waals surface area contributed by atoms with Crippen molar-refractivity contribution in [3.8, 4) is 17.2 Å². The normalized spacial score (nSPS) is 12.5. The highest BCUT2D eigenvalue weighted by molar-refractivity contribution is 7.16. The molecule has 1 aromatic carbocycles. The van der Waals surface area contributed by atoms with Gasteiger partial charge in [-0.3, -0.25) is 0 Å². The Kier molecular flexibility index (Phi) is 3.40. The largest absolute Gasteiger partial charge is 0.492 e. The second-order valence-corrected chi connectivity index (χ2v) is 5.55. The minimum absolute atomic E-state index is 0.269. The van der Waals surface area contributed by atoms with E-state index in [1.807, 2.05) is 29.6 Å². The molecule has 22 heavy (non-hydrogen) atoms. The van der Waals surface area contributed by atoms with E-state index in [2.05, 4.69) is 15.3 Å². The Balaban J connectivity index is 1.35. The average Bonchev–Trinajstić information content (AvgIpc) is 3.19. The lowest BCUT2D eigenvalue weighted by molar-refractivity contribution is 0.174. The summed E-state index contributed by atoms with van der Waals surface area (Å²) in [5.41, 5.74) is 0. The number of anilines is 1. The van der Waals surface area contributed by atoms with Crippen LogP contribution in [0.1, 0.15) is 0 Å². The van der Waals surface area contributed by atoms with E-state index in [1.165, 1.54) is 0 Å². The summed E-state index contributed by atoms with van der Waals surface area (Å²) in [6.45, 7) is 1.44. The van der Waals surface area contributed by atoms with Gasteiger partial charge in [0.25, 0.3) is 0 Å². The molecule has 6 nitrogen and oxygen atoms in total. The van der Waals surface area contributed by atoms with Crippen molar-refractivity contribution in [1.29, 1.82) is 0 Å². The number of hydrogen-bond donors (Lipinski definition) is 1. The molecule has 0 amide bonds. The Hall–Kier alpha value is -2.54. The van der Waals surface area contributed by atoms with Crippen LogP contribution in [0.25, 0.3) is 10.2 Å². The molecule has 0 radical (unpaired) electrons. The quantitative estimate of drug-likeness (QED) is 0.730. The van der Waals surface area contributed by atoms with Gasteiger partial charge < -0.3 is 19.5 Å². The first kappa shape index (κ1) is 13.1. The fourth-order valence-corrected chi connectivity index (χ4v) is 2.97. The van der Waals surface area contributed by atoms with Crippen LogP contribution in [0.3, 0.4) is 0 Å². The van der Waals surface area contributed by atoms with Crippen LogP contribution in [0.5, 0.6) is 17.2 Å². The van der Waals surface area contributed by atoms with Crippen LogP contribution < -0.4 is 19.5 Å². The van der Waals surface area contributed by atoms with E-state index in [9.17, 15) is 0 Å². The molecule has 2 aromatic heterocycles. The maximum atomic E-state index is 5.71. The zero-order chi connectivity index (χ0) is 14.8. The predicted molar refractivity (Wildman–Crippen MR) is 84.0 cm³/mol. The van der Waals surface area contributed by atoms with Crippen molar-refractivity contribution in [2.24, 2.45) is 0 Å². The number of benzene rings is 1. The van der Waals surface area contributed by atoms with Crippen molar-refractivity contribution in [3.05, 3.63) is 36.0 Å². The van der Waals surface area contributed by atoms with Crippen molar-refractivity contribution < 1.29 is 14.2 Å². The van der Waals surface area contributed by atoms with Crippen molar-refractivity contribution in [2.75, 3.05) is 25.3 Å². The zero-order valence-electron chi connectivity index (χ0n) is 11.6. The molecule has 0 spiro atoms. The van der Waals surface area contributed by atoms with Crippen LogP contribution in [-0.2, 0) is 0 Å². The number of hydrogen-bond acceptors (Lipinski definition) is 7. The van der Waals surface area contributed by atoms with Crippen LogP contribution in [0.4, 0.5) is 5.82 Å². The molecule has 0 bridgehead atoms. The SMILES string of the molecule is c1nc(NCCOc2ccc3c(c2)OCO3)c2ccsc2n1. The van der Waals surface area contributed by atoms with E-state index in [1.54, 1.807) is 17.7 Å². The molecule has 1 N–H and O–H groups in total. The molecule has 1 aliphatic rings. The number of nitrogens with one attached hydrogen (secondary N) is 1. The second-order valence-electron chi connectivity index (χ2n) is 4.65. The molecule has 112 valence electrons. The standard InChI is InChI=1S/C15H13N3O3S/c1-2-12-13(21-9-20-12)7-10(1)19-5-4-16-14-11-3-6-22-15(11)18-8-17-14/h1-3,6-8H,4-5,9H2,(H,16,17,18). The minimum atomic E-state index is 0.269. The highest BCUT2D eigenvalue weighted by Gasteiger charge is 2.13. The van der Waals surface area contributed by atoms with E-state index in [-0.39, 0.29) is 6.79 Å². The summed E-state index contributed by atoms with van der Waals surface area (Å²) in [6, 6.07) is 7.57.